The molecular weight excluding hydrogens is 256 g/mol. The molecular formula is C15H22N2O3. The van der Waals surface area contributed by atoms with E-state index in [0.29, 0.717) is 0 Å². The van der Waals surface area contributed by atoms with E-state index in [1.807, 2.05) is 19.1 Å². The van der Waals surface area contributed by atoms with Gasteiger partial charge in [0.1, 0.15) is 11.4 Å². The highest BCUT2D eigenvalue weighted by Gasteiger charge is 2.31. The molecule has 0 saturated carbocycles. The van der Waals surface area contributed by atoms with Crippen molar-refractivity contribution in [3.05, 3.63) is 17.7 Å². The number of nitrogens with two attached hydrogens (primary N) is 1. The maximum absolute atomic E-state index is 9.47. The number of hydrogen-bond donors (Lipinski definition) is 2. The molecule has 0 spiro atoms. The van der Waals surface area contributed by atoms with E-state index in [1.54, 1.807) is 0 Å². The van der Waals surface area contributed by atoms with E-state index >= 15 is 0 Å². The van der Waals surface area contributed by atoms with Crippen LogP contribution < -0.4 is 15.4 Å². The van der Waals surface area contributed by atoms with Crippen LogP contribution in [-0.4, -0.2) is 43.6 Å². The molecule has 5 heteroatoms. The summed E-state index contributed by atoms with van der Waals surface area (Å²) in [5, 5.41) is 9.47. The van der Waals surface area contributed by atoms with Crippen LogP contribution in [0.4, 0.5) is 11.4 Å². The number of nitrogen functional groups attached to an aromatic ring is 1. The third-order valence-corrected chi connectivity index (χ3v) is 4.18. The molecule has 110 valence electrons. The number of benzene rings is 1. The minimum Gasteiger partial charge on any atom is -0.485 e. The zero-order valence-corrected chi connectivity index (χ0v) is 11.9. The van der Waals surface area contributed by atoms with Crippen LogP contribution in [0.1, 0.15) is 18.9 Å². The van der Waals surface area contributed by atoms with E-state index in [0.717, 1.165) is 61.8 Å². The second-order valence-electron chi connectivity index (χ2n) is 5.83. The summed E-state index contributed by atoms with van der Waals surface area (Å²) in [5.41, 5.74) is 8.64. The van der Waals surface area contributed by atoms with Crippen LogP contribution in [-0.2, 0) is 11.2 Å². The smallest absolute Gasteiger partial charge is 0.129 e. The topological polar surface area (TPSA) is 68.0 Å². The molecule has 3 N–H and O–H groups in total. The van der Waals surface area contributed by atoms with Crippen molar-refractivity contribution in [2.24, 2.45) is 0 Å². The summed E-state index contributed by atoms with van der Waals surface area (Å²) in [6.45, 7) is 5.13. The van der Waals surface area contributed by atoms with Gasteiger partial charge in [-0.1, -0.05) is 0 Å². The SMILES string of the molecule is CC1(CO)CCc2cc(N)c(N3CCOCC3)cc2O1. The quantitative estimate of drug-likeness (QED) is 0.795. The molecule has 1 unspecified atom stereocenters. The van der Waals surface area contributed by atoms with Crippen LogP contribution in [0.2, 0.25) is 0 Å². The molecule has 20 heavy (non-hydrogen) atoms. The van der Waals surface area contributed by atoms with Crippen LogP contribution >= 0.6 is 0 Å². The zero-order chi connectivity index (χ0) is 14.2. The molecule has 2 heterocycles. The summed E-state index contributed by atoms with van der Waals surface area (Å²) < 4.78 is 11.4. The fraction of sp³-hybridized carbons (Fsp3) is 0.600. The monoisotopic (exact) mass is 278 g/mol. The number of aliphatic hydroxyl groups is 1. The predicted molar refractivity (Wildman–Crippen MR) is 78.3 cm³/mol. The second kappa shape index (κ2) is 5.14. The second-order valence-corrected chi connectivity index (χ2v) is 5.83. The van der Waals surface area contributed by atoms with Crippen molar-refractivity contribution in [3.8, 4) is 5.75 Å². The summed E-state index contributed by atoms with van der Waals surface area (Å²) in [6.07, 6.45) is 1.70. The van der Waals surface area contributed by atoms with E-state index in [9.17, 15) is 5.11 Å². The first-order valence-corrected chi connectivity index (χ1v) is 7.16. The first kappa shape index (κ1) is 13.5. The minimum absolute atomic E-state index is 0.0315. The fourth-order valence-electron chi connectivity index (χ4n) is 2.83. The average Bonchev–Trinajstić information content (AvgIpc) is 2.48. The molecule has 0 radical (unpaired) electrons. The number of ether oxygens (including phenoxy) is 2. The highest BCUT2D eigenvalue weighted by Crippen LogP contribution is 2.39. The Morgan fingerprint density at radius 2 is 2.10 bits per heavy atom. The largest absolute Gasteiger partial charge is 0.485 e. The van der Waals surface area contributed by atoms with Crippen LogP contribution in [0.3, 0.4) is 0 Å². The van der Waals surface area contributed by atoms with Gasteiger partial charge in [0.2, 0.25) is 0 Å². The zero-order valence-electron chi connectivity index (χ0n) is 11.9. The number of aliphatic hydroxyl groups excluding tert-OH is 1. The number of nitrogens with zero attached hydrogens (tertiary/aromatic N) is 1. The van der Waals surface area contributed by atoms with Crippen LogP contribution in [0.25, 0.3) is 0 Å². The van der Waals surface area contributed by atoms with Crippen molar-refractivity contribution in [3.63, 3.8) is 0 Å². The van der Waals surface area contributed by atoms with Crippen molar-refractivity contribution >= 4 is 11.4 Å². The van der Waals surface area contributed by atoms with Crippen molar-refractivity contribution in [1.82, 2.24) is 0 Å². The minimum atomic E-state index is -0.481. The van der Waals surface area contributed by atoms with Gasteiger partial charge in [0.05, 0.1) is 31.2 Å². The van der Waals surface area contributed by atoms with Gasteiger partial charge in [0.15, 0.2) is 0 Å². The molecule has 2 aliphatic heterocycles. The van der Waals surface area contributed by atoms with Crippen LogP contribution in [0.5, 0.6) is 5.75 Å². The molecule has 2 aliphatic rings. The Morgan fingerprint density at radius 3 is 2.80 bits per heavy atom. The number of morpholine rings is 1. The molecule has 0 aliphatic carbocycles. The van der Waals surface area contributed by atoms with Crippen molar-refractivity contribution in [1.29, 1.82) is 0 Å². The Labute approximate surface area is 119 Å². The molecule has 0 aromatic heterocycles. The number of fused-ring (bicyclic) bond motifs is 1. The van der Waals surface area contributed by atoms with E-state index in [-0.39, 0.29) is 6.61 Å². The summed E-state index contributed by atoms with van der Waals surface area (Å²) in [4.78, 5) is 2.23. The lowest BCUT2D eigenvalue weighted by molar-refractivity contribution is 0.00813. The lowest BCUT2D eigenvalue weighted by Gasteiger charge is -2.36. The highest BCUT2D eigenvalue weighted by molar-refractivity contribution is 5.72. The lowest BCUT2D eigenvalue weighted by Crippen LogP contribution is -2.40. The van der Waals surface area contributed by atoms with Crippen LogP contribution in [0, 0.1) is 0 Å². The van der Waals surface area contributed by atoms with E-state index in [4.69, 9.17) is 15.2 Å². The summed E-state index contributed by atoms with van der Waals surface area (Å²) >= 11 is 0. The van der Waals surface area contributed by atoms with Gasteiger partial charge in [0.25, 0.3) is 0 Å². The Balaban J connectivity index is 1.91. The van der Waals surface area contributed by atoms with Gasteiger partial charge in [-0.2, -0.15) is 0 Å². The van der Waals surface area contributed by atoms with Crippen molar-refractivity contribution in [2.75, 3.05) is 43.5 Å². The maximum Gasteiger partial charge on any atom is 0.129 e. The Kier molecular flexibility index (Phi) is 3.48. The normalized spacial score (nSPS) is 26.0. The first-order valence-electron chi connectivity index (χ1n) is 7.16. The van der Waals surface area contributed by atoms with Gasteiger partial charge in [-0.3, -0.25) is 0 Å². The molecule has 5 nitrogen and oxygen atoms in total. The third-order valence-electron chi connectivity index (χ3n) is 4.18. The van der Waals surface area contributed by atoms with Gasteiger partial charge in [-0.05, 0) is 31.4 Å². The summed E-state index contributed by atoms with van der Waals surface area (Å²) in [6, 6.07) is 4.03. The molecule has 0 amide bonds. The average molecular weight is 278 g/mol. The molecule has 1 aromatic rings. The Bertz CT molecular complexity index is 500. The molecule has 3 rings (SSSR count). The van der Waals surface area contributed by atoms with Crippen molar-refractivity contribution in [2.45, 2.75) is 25.4 Å². The van der Waals surface area contributed by atoms with Crippen molar-refractivity contribution < 1.29 is 14.6 Å². The van der Waals surface area contributed by atoms with E-state index in [2.05, 4.69) is 4.90 Å². The predicted octanol–water partition coefficient (Wildman–Crippen LogP) is 1.18. The number of rotatable bonds is 2. The summed E-state index contributed by atoms with van der Waals surface area (Å²) in [7, 11) is 0. The van der Waals surface area contributed by atoms with Gasteiger partial charge in [0, 0.05) is 19.2 Å². The molecule has 1 aromatic carbocycles. The Morgan fingerprint density at radius 1 is 1.35 bits per heavy atom. The molecule has 1 saturated heterocycles. The van der Waals surface area contributed by atoms with Gasteiger partial charge >= 0.3 is 0 Å². The maximum atomic E-state index is 9.47. The lowest BCUT2D eigenvalue weighted by atomic mass is 9.92. The van der Waals surface area contributed by atoms with Gasteiger partial charge in [-0.15, -0.1) is 0 Å². The molecule has 1 fully saturated rings. The van der Waals surface area contributed by atoms with E-state index < -0.39 is 5.60 Å². The third kappa shape index (κ3) is 2.43. The molecule has 1 atom stereocenters. The highest BCUT2D eigenvalue weighted by atomic mass is 16.5. The fourth-order valence-corrected chi connectivity index (χ4v) is 2.83. The van der Waals surface area contributed by atoms with Gasteiger partial charge < -0.3 is 25.2 Å². The summed E-state index contributed by atoms with van der Waals surface area (Å²) in [5.74, 6) is 0.850. The first-order chi connectivity index (χ1) is 9.61. The van der Waals surface area contributed by atoms with Crippen LogP contribution in [0.15, 0.2) is 12.1 Å². The molecule has 0 bridgehead atoms. The number of hydrogen-bond acceptors (Lipinski definition) is 5. The van der Waals surface area contributed by atoms with E-state index in [1.165, 1.54) is 0 Å². The number of anilines is 2. The standard InChI is InChI=1S/C15H22N2O3/c1-15(10-18)3-2-11-8-12(16)13(9-14(11)20-15)17-4-6-19-7-5-17/h8-9,18H,2-7,10,16H2,1H3. The number of aryl methyl sites for hydroxylation is 1. The Hall–Kier alpha value is -1.46. The van der Waals surface area contributed by atoms with Gasteiger partial charge in [-0.25, -0.2) is 0 Å².